The number of alkyl halides is 6. The number of carboxylic acid groups (broad SMARTS) is 2. The van der Waals surface area contributed by atoms with Crippen LogP contribution in [0.2, 0.25) is 0 Å². The summed E-state index contributed by atoms with van der Waals surface area (Å²) in [5.74, 6) is -4.43. The molecule has 2 aliphatic rings. The van der Waals surface area contributed by atoms with Crippen LogP contribution in [0.3, 0.4) is 0 Å². The molecule has 1 atom stereocenters. The number of rotatable bonds is 5. The first-order valence-corrected chi connectivity index (χ1v) is 12.0. The maximum Gasteiger partial charge on any atom is 0.490 e. The number of nitrogens with zero attached hydrogens (tertiary/aromatic N) is 3. The van der Waals surface area contributed by atoms with Crippen molar-refractivity contribution in [1.82, 2.24) is 14.8 Å². The Kier molecular flexibility index (Phi) is 10.5. The predicted molar refractivity (Wildman–Crippen MR) is 120 cm³/mol. The van der Waals surface area contributed by atoms with Crippen LogP contribution < -0.4 is 0 Å². The molecular weight excluding hydrogens is 532 g/mol. The van der Waals surface area contributed by atoms with Gasteiger partial charge in [-0.05, 0) is 63.4 Å². The first-order chi connectivity index (χ1) is 17.1. The third-order valence-corrected chi connectivity index (χ3v) is 7.08. The van der Waals surface area contributed by atoms with Gasteiger partial charge in [-0.3, -0.25) is 9.80 Å². The quantitative estimate of drug-likeness (QED) is 0.500. The molecule has 2 N–H and O–H groups in total. The summed E-state index contributed by atoms with van der Waals surface area (Å²) < 4.78 is 69.0. The molecule has 0 aromatic carbocycles. The van der Waals surface area contributed by atoms with Crippen LogP contribution in [0, 0.1) is 5.41 Å². The minimum absolute atomic E-state index is 0.542. The number of hydrogen-bond donors (Lipinski definition) is 2. The van der Waals surface area contributed by atoms with Crippen LogP contribution in [0.1, 0.15) is 36.5 Å². The zero-order chi connectivity index (χ0) is 27.9. The average Bonchev–Trinajstić information content (AvgIpc) is 3.47. The van der Waals surface area contributed by atoms with E-state index in [1.165, 1.54) is 43.8 Å². The van der Waals surface area contributed by atoms with Crippen molar-refractivity contribution >= 4 is 23.3 Å². The van der Waals surface area contributed by atoms with E-state index in [9.17, 15) is 26.3 Å². The van der Waals surface area contributed by atoms with Crippen molar-refractivity contribution in [2.24, 2.45) is 5.41 Å². The molecule has 0 bridgehead atoms. The number of halogens is 6. The van der Waals surface area contributed by atoms with E-state index >= 15 is 0 Å². The molecule has 3 heterocycles. The van der Waals surface area contributed by atoms with Crippen molar-refractivity contribution in [2.45, 2.75) is 57.2 Å². The molecule has 1 aliphatic carbocycles. The van der Waals surface area contributed by atoms with Gasteiger partial charge >= 0.3 is 24.3 Å². The minimum Gasteiger partial charge on any atom is -0.475 e. The van der Waals surface area contributed by atoms with Crippen LogP contribution in [0.5, 0.6) is 0 Å². The highest BCUT2D eigenvalue weighted by molar-refractivity contribution is 7.09. The van der Waals surface area contributed by atoms with E-state index in [4.69, 9.17) is 24.2 Å². The monoisotopic (exact) mass is 559 g/mol. The molecule has 1 saturated heterocycles. The Balaban J connectivity index is 0.000000286. The normalized spacial score (nSPS) is 19.3. The first-order valence-electron chi connectivity index (χ1n) is 11.1. The van der Waals surface area contributed by atoms with E-state index in [2.05, 4.69) is 33.3 Å². The van der Waals surface area contributed by atoms with Gasteiger partial charge in [0.1, 0.15) is 10.8 Å². The number of hydrogen-bond acceptors (Lipinski definition) is 7. The van der Waals surface area contributed by atoms with Gasteiger partial charge in [0, 0.05) is 17.6 Å². The van der Waals surface area contributed by atoms with Crippen LogP contribution >= 0.6 is 11.3 Å². The average molecular weight is 560 g/mol. The smallest absolute Gasteiger partial charge is 0.475 e. The minimum atomic E-state index is -5.08. The predicted octanol–water partition coefficient (Wildman–Crippen LogP) is 4.88. The number of furan rings is 1. The molecule has 2 fully saturated rings. The summed E-state index contributed by atoms with van der Waals surface area (Å²) in [4.78, 5) is 27.3. The standard InChI is InChI=1S/C18H25N3OS.2C2HF3O2/c1-20(13-15-3-2-11-22-15)16-4-5-18(16)6-9-21(10-7-18)14-17-19-8-12-23-17;2*3-2(4,5)1(6)7/h2-3,8,11-12,16H,4-7,9-10,13-14H2,1H3;2*(H,6,7). The molecule has 1 spiro atoms. The summed E-state index contributed by atoms with van der Waals surface area (Å²) in [6.07, 6.45) is -1.10. The Morgan fingerprint density at radius 1 is 1.14 bits per heavy atom. The molecule has 37 heavy (non-hydrogen) atoms. The van der Waals surface area contributed by atoms with Crippen LogP contribution in [0.4, 0.5) is 26.3 Å². The highest BCUT2D eigenvalue weighted by atomic mass is 32.1. The summed E-state index contributed by atoms with van der Waals surface area (Å²) in [5.41, 5.74) is 0.542. The van der Waals surface area contributed by atoms with E-state index in [1.807, 2.05) is 12.3 Å². The number of carboxylic acids is 2. The highest BCUT2D eigenvalue weighted by Crippen LogP contribution is 2.51. The van der Waals surface area contributed by atoms with Gasteiger partial charge in [0.25, 0.3) is 0 Å². The Hall–Kier alpha value is -2.65. The molecule has 8 nitrogen and oxygen atoms in total. The fourth-order valence-corrected chi connectivity index (χ4v) is 5.05. The second-order valence-corrected chi connectivity index (χ2v) is 9.70. The zero-order valence-electron chi connectivity index (χ0n) is 19.8. The van der Waals surface area contributed by atoms with E-state index in [1.54, 1.807) is 17.6 Å². The molecule has 208 valence electrons. The van der Waals surface area contributed by atoms with Crippen LogP contribution in [0.15, 0.2) is 34.4 Å². The second kappa shape index (κ2) is 12.7. The van der Waals surface area contributed by atoms with Crippen molar-refractivity contribution in [3.8, 4) is 0 Å². The fraction of sp³-hybridized carbons (Fsp3) is 0.591. The van der Waals surface area contributed by atoms with Gasteiger partial charge in [0.05, 0.1) is 19.4 Å². The Morgan fingerprint density at radius 3 is 2.08 bits per heavy atom. The lowest BCUT2D eigenvalue weighted by Crippen LogP contribution is -2.57. The van der Waals surface area contributed by atoms with E-state index < -0.39 is 24.3 Å². The molecule has 2 aromatic heterocycles. The molecular formula is C22H27F6N3O5S. The number of thiazole rings is 1. The number of aromatic nitrogens is 1. The van der Waals surface area contributed by atoms with Crippen molar-refractivity contribution in [2.75, 3.05) is 20.1 Å². The summed E-state index contributed by atoms with van der Waals surface area (Å²) in [6.45, 7) is 4.39. The molecule has 1 saturated carbocycles. The van der Waals surface area contributed by atoms with Crippen LogP contribution in [0.25, 0.3) is 0 Å². The van der Waals surface area contributed by atoms with Gasteiger partial charge in [0.2, 0.25) is 0 Å². The van der Waals surface area contributed by atoms with Crippen LogP contribution in [-0.4, -0.2) is 75.5 Å². The molecule has 15 heteroatoms. The molecule has 0 amide bonds. The zero-order valence-corrected chi connectivity index (χ0v) is 20.6. The maximum atomic E-state index is 10.6. The SMILES string of the molecule is CN(Cc1ccco1)C1CCC12CCN(Cc1nccs1)CC2.O=C(O)C(F)(F)F.O=C(O)C(F)(F)F. The molecule has 1 unspecified atom stereocenters. The summed E-state index contributed by atoms with van der Waals surface area (Å²) in [7, 11) is 2.26. The van der Waals surface area contributed by atoms with Crippen LogP contribution in [-0.2, 0) is 22.7 Å². The van der Waals surface area contributed by atoms with Gasteiger partial charge in [-0.15, -0.1) is 11.3 Å². The lowest BCUT2D eigenvalue weighted by molar-refractivity contribution is -0.193. The maximum absolute atomic E-state index is 10.6. The third-order valence-electron chi connectivity index (χ3n) is 6.32. The largest absolute Gasteiger partial charge is 0.490 e. The van der Waals surface area contributed by atoms with Crippen molar-refractivity contribution in [3.63, 3.8) is 0 Å². The number of piperidine rings is 1. The Labute approximate surface area is 212 Å². The van der Waals surface area contributed by atoms with Crippen molar-refractivity contribution in [3.05, 3.63) is 40.7 Å². The van der Waals surface area contributed by atoms with Gasteiger partial charge < -0.3 is 14.6 Å². The summed E-state index contributed by atoms with van der Waals surface area (Å²) in [6, 6.07) is 4.78. The van der Waals surface area contributed by atoms with E-state index in [-0.39, 0.29) is 0 Å². The van der Waals surface area contributed by atoms with Gasteiger partial charge in [0.15, 0.2) is 0 Å². The number of likely N-dealkylation sites (tertiary alicyclic amines) is 1. The first kappa shape index (κ1) is 30.6. The van der Waals surface area contributed by atoms with E-state index in [0.29, 0.717) is 5.41 Å². The van der Waals surface area contributed by atoms with Crippen molar-refractivity contribution in [1.29, 1.82) is 0 Å². The Morgan fingerprint density at radius 2 is 1.70 bits per heavy atom. The lowest BCUT2D eigenvalue weighted by atomic mass is 9.59. The third kappa shape index (κ3) is 9.31. The number of carbonyl (C=O) groups is 2. The summed E-state index contributed by atoms with van der Waals surface area (Å²) >= 11 is 1.77. The highest BCUT2D eigenvalue weighted by Gasteiger charge is 2.49. The van der Waals surface area contributed by atoms with Crippen molar-refractivity contribution < 1.29 is 50.6 Å². The summed E-state index contributed by atoms with van der Waals surface area (Å²) in [5, 5.41) is 17.6. The fourth-order valence-electron chi connectivity index (χ4n) is 4.39. The van der Waals surface area contributed by atoms with E-state index in [0.717, 1.165) is 24.9 Å². The molecule has 4 rings (SSSR count). The molecule has 0 radical (unpaired) electrons. The molecule has 2 aromatic rings. The topological polar surface area (TPSA) is 107 Å². The Bertz CT molecular complexity index is 950. The number of aliphatic carboxylic acids is 2. The molecule has 1 aliphatic heterocycles. The van der Waals surface area contributed by atoms with Gasteiger partial charge in [-0.1, -0.05) is 0 Å². The second-order valence-electron chi connectivity index (χ2n) is 8.72. The lowest BCUT2D eigenvalue weighted by Gasteiger charge is -2.56. The van der Waals surface area contributed by atoms with Gasteiger partial charge in [-0.25, -0.2) is 14.6 Å². The van der Waals surface area contributed by atoms with Gasteiger partial charge in [-0.2, -0.15) is 26.3 Å².